The molecule has 0 saturated heterocycles. The molecule has 0 heterocycles. The lowest BCUT2D eigenvalue weighted by Gasteiger charge is -2.11. The summed E-state index contributed by atoms with van der Waals surface area (Å²) >= 11 is 0. The van der Waals surface area contributed by atoms with Crippen LogP contribution in [0.4, 0.5) is 11.4 Å². The van der Waals surface area contributed by atoms with E-state index >= 15 is 0 Å². The van der Waals surface area contributed by atoms with Gasteiger partial charge in [0, 0.05) is 5.39 Å². The molecule has 9 nitrogen and oxygen atoms in total. The number of benzene rings is 3. The van der Waals surface area contributed by atoms with Crippen LogP contribution in [-0.4, -0.2) is 31.0 Å². The number of fused-ring (bicyclic) bond motifs is 1. The quantitative estimate of drug-likeness (QED) is 0.441. The van der Waals surface area contributed by atoms with Crippen molar-refractivity contribution in [2.24, 2.45) is 10.2 Å². The largest absolute Gasteiger partial charge is 0.504 e. The first kappa shape index (κ1) is 18.9. The summed E-state index contributed by atoms with van der Waals surface area (Å²) in [5, 5.41) is 17.7. The van der Waals surface area contributed by atoms with Crippen molar-refractivity contribution in [1.29, 1.82) is 0 Å². The van der Waals surface area contributed by atoms with E-state index < -0.39 is 41.5 Å². The number of aromatic hydroxyl groups is 1. The minimum atomic E-state index is -4.84. The maximum atomic E-state index is 11.7. The summed E-state index contributed by atoms with van der Waals surface area (Å²) in [6.07, 6.45) is 0. The highest BCUT2D eigenvalue weighted by Gasteiger charge is 2.25. The molecule has 140 valence electrons. The van der Waals surface area contributed by atoms with Crippen LogP contribution in [0.2, 0.25) is 0 Å². The number of azo groups is 1. The van der Waals surface area contributed by atoms with Gasteiger partial charge in [0.15, 0.2) is 5.75 Å². The van der Waals surface area contributed by atoms with Gasteiger partial charge in [-0.3, -0.25) is 9.11 Å². The number of rotatable bonds is 4. The van der Waals surface area contributed by atoms with Gasteiger partial charge in [0.05, 0.1) is 5.69 Å². The maximum Gasteiger partial charge on any atom is 0.298 e. The van der Waals surface area contributed by atoms with Gasteiger partial charge in [0.1, 0.15) is 15.5 Å². The van der Waals surface area contributed by atoms with E-state index in [1.54, 1.807) is 30.3 Å². The van der Waals surface area contributed by atoms with Gasteiger partial charge in [-0.1, -0.05) is 30.3 Å². The number of phenolic OH excluding ortho intramolecular Hbond substituents is 1. The summed E-state index contributed by atoms with van der Waals surface area (Å²) in [4.78, 5) is -1.47. The summed E-state index contributed by atoms with van der Waals surface area (Å²) in [5.74, 6) is -0.999. The molecule has 0 aliphatic rings. The molecule has 0 unspecified atom stereocenters. The van der Waals surface area contributed by atoms with E-state index in [0.29, 0.717) is 5.69 Å². The molecular formula is C16H12N2O7S2. The van der Waals surface area contributed by atoms with Crippen LogP contribution < -0.4 is 0 Å². The van der Waals surface area contributed by atoms with E-state index in [-0.39, 0.29) is 10.8 Å². The van der Waals surface area contributed by atoms with Crippen LogP contribution in [0.5, 0.6) is 5.75 Å². The zero-order valence-electron chi connectivity index (χ0n) is 13.4. The van der Waals surface area contributed by atoms with E-state index in [4.69, 9.17) is 0 Å². The Kier molecular flexibility index (Phi) is 4.70. The van der Waals surface area contributed by atoms with Gasteiger partial charge >= 0.3 is 0 Å². The van der Waals surface area contributed by atoms with Gasteiger partial charge in [0.2, 0.25) is 0 Å². The zero-order chi connectivity index (χ0) is 19.8. The Balaban J connectivity index is 2.43. The molecule has 0 fully saturated rings. The second-order valence-corrected chi connectivity index (χ2v) is 8.19. The van der Waals surface area contributed by atoms with Crippen LogP contribution in [0.15, 0.2) is 74.6 Å². The number of hydrogen-bond donors (Lipinski definition) is 3. The summed E-state index contributed by atoms with van der Waals surface area (Å²) < 4.78 is 65.3. The third kappa shape index (κ3) is 3.80. The van der Waals surface area contributed by atoms with Crippen molar-refractivity contribution < 1.29 is 31.0 Å². The first-order valence-electron chi connectivity index (χ1n) is 7.29. The molecular weight excluding hydrogens is 396 g/mol. The van der Waals surface area contributed by atoms with Crippen molar-refractivity contribution in [2.45, 2.75) is 9.79 Å². The molecule has 3 rings (SSSR count). The van der Waals surface area contributed by atoms with E-state index in [1.807, 2.05) is 0 Å². The predicted molar refractivity (Wildman–Crippen MR) is 95.9 cm³/mol. The Morgan fingerprint density at radius 3 is 1.96 bits per heavy atom. The fourth-order valence-corrected chi connectivity index (χ4v) is 3.82. The van der Waals surface area contributed by atoms with Crippen LogP contribution in [0.1, 0.15) is 0 Å². The van der Waals surface area contributed by atoms with Crippen molar-refractivity contribution in [2.75, 3.05) is 0 Å². The molecule has 3 N–H and O–H groups in total. The Bertz CT molecular complexity index is 1270. The minimum absolute atomic E-state index is 0.00226. The molecule has 3 aromatic carbocycles. The Morgan fingerprint density at radius 1 is 0.741 bits per heavy atom. The van der Waals surface area contributed by atoms with E-state index in [9.17, 15) is 31.0 Å². The van der Waals surface area contributed by atoms with Crippen LogP contribution in [-0.2, 0) is 20.2 Å². The third-order valence-electron chi connectivity index (χ3n) is 3.62. The Hall–Kier alpha value is -2.86. The summed E-state index contributed by atoms with van der Waals surface area (Å²) in [6.45, 7) is 0. The molecule has 0 aliphatic carbocycles. The fraction of sp³-hybridized carbons (Fsp3) is 0. The van der Waals surface area contributed by atoms with E-state index in [0.717, 1.165) is 12.1 Å². The first-order chi connectivity index (χ1) is 12.6. The average Bonchev–Trinajstić information content (AvgIpc) is 2.59. The first-order valence-corrected chi connectivity index (χ1v) is 10.2. The Morgan fingerprint density at radius 2 is 1.37 bits per heavy atom. The van der Waals surface area contributed by atoms with Gasteiger partial charge in [-0.2, -0.15) is 21.9 Å². The lowest BCUT2D eigenvalue weighted by molar-refractivity contribution is 0.445. The molecule has 0 aromatic heterocycles. The topological polar surface area (TPSA) is 154 Å². The molecule has 0 bridgehead atoms. The SMILES string of the molecule is O=S(=O)(O)c1cc2cccc(S(=O)(=O)O)c2c(N=Nc2ccccc2)c1O. The highest BCUT2D eigenvalue weighted by atomic mass is 32.2. The number of phenols is 1. The zero-order valence-corrected chi connectivity index (χ0v) is 15.0. The van der Waals surface area contributed by atoms with E-state index in [1.165, 1.54) is 12.1 Å². The summed E-state index contributed by atoms with van der Waals surface area (Å²) in [5.41, 5.74) is -0.191. The van der Waals surface area contributed by atoms with Gasteiger partial charge < -0.3 is 5.11 Å². The monoisotopic (exact) mass is 408 g/mol. The lowest BCUT2D eigenvalue weighted by atomic mass is 10.1. The molecule has 0 atom stereocenters. The highest BCUT2D eigenvalue weighted by molar-refractivity contribution is 7.86. The Labute approximate surface area is 154 Å². The van der Waals surface area contributed by atoms with Gasteiger partial charge in [-0.25, -0.2) is 0 Å². The van der Waals surface area contributed by atoms with Gasteiger partial charge in [-0.15, -0.1) is 5.11 Å². The minimum Gasteiger partial charge on any atom is -0.504 e. The molecule has 0 amide bonds. The van der Waals surface area contributed by atoms with Crippen LogP contribution >= 0.6 is 0 Å². The average molecular weight is 408 g/mol. The molecule has 0 aliphatic heterocycles. The fourth-order valence-electron chi connectivity index (χ4n) is 2.48. The van der Waals surface area contributed by atoms with Crippen molar-refractivity contribution >= 4 is 42.4 Å². The van der Waals surface area contributed by atoms with Gasteiger partial charge in [0.25, 0.3) is 20.2 Å². The second kappa shape index (κ2) is 6.70. The predicted octanol–water partition coefficient (Wildman–Crippen LogP) is 3.45. The lowest BCUT2D eigenvalue weighted by Crippen LogP contribution is -2.02. The molecule has 27 heavy (non-hydrogen) atoms. The molecule has 0 radical (unpaired) electrons. The standard InChI is InChI=1S/C16H12N2O7S2/c19-16-13(27(23,24)25)9-10-5-4-8-12(26(20,21)22)14(10)15(16)18-17-11-6-2-1-3-7-11/h1-9,19H,(H,20,21,22)(H,23,24,25). The van der Waals surface area contributed by atoms with Crippen molar-refractivity contribution in [3.05, 3.63) is 54.6 Å². The maximum absolute atomic E-state index is 11.7. The van der Waals surface area contributed by atoms with E-state index in [2.05, 4.69) is 10.2 Å². The molecule has 0 spiro atoms. The van der Waals surface area contributed by atoms with Crippen molar-refractivity contribution in [1.82, 2.24) is 0 Å². The summed E-state index contributed by atoms with van der Waals surface area (Å²) in [6, 6.07) is 12.7. The molecule has 3 aromatic rings. The van der Waals surface area contributed by atoms with Crippen LogP contribution in [0.3, 0.4) is 0 Å². The number of nitrogens with zero attached hydrogens (tertiary/aromatic N) is 2. The number of hydrogen-bond acceptors (Lipinski definition) is 7. The van der Waals surface area contributed by atoms with Gasteiger partial charge in [-0.05, 0) is 29.7 Å². The van der Waals surface area contributed by atoms with Crippen molar-refractivity contribution in [3.8, 4) is 5.75 Å². The highest BCUT2D eigenvalue weighted by Crippen LogP contribution is 2.43. The molecule has 0 saturated carbocycles. The normalized spacial score (nSPS) is 12.7. The third-order valence-corrected chi connectivity index (χ3v) is 5.38. The van der Waals surface area contributed by atoms with Crippen LogP contribution in [0, 0.1) is 0 Å². The smallest absolute Gasteiger partial charge is 0.298 e. The van der Waals surface area contributed by atoms with Crippen molar-refractivity contribution in [3.63, 3.8) is 0 Å². The van der Waals surface area contributed by atoms with Crippen LogP contribution in [0.25, 0.3) is 10.8 Å². The summed E-state index contributed by atoms with van der Waals surface area (Å²) in [7, 11) is -9.57. The molecule has 11 heteroatoms. The second-order valence-electron chi connectivity index (χ2n) is 5.41.